The highest BCUT2D eigenvalue weighted by Crippen LogP contribution is 2.15. The largest absolute Gasteiger partial charge is 0.477 e. The van der Waals surface area contributed by atoms with Gasteiger partial charge in [0.1, 0.15) is 5.69 Å². The van der Waals surface area contributed by atoms with Gasteiger partial charge < -0.3 is 9.84 Å². The summed E-state index contributed by atoms with van der Waals surface area (Å²) < 4.78 is 5.66. The van der Waals surface area contributed by atoms with Gasteiger partial charge in [-0.05, 0) is 38.4 Å². The van der Waals surface area contributed by atoms with Gasteiger partial charge in [-0.15, -0.1) is 0 Å². The van der Waals surface area contributed by atoms with Crippen LogP contribution < -0.4 is 0 Å². The molecule has 2 heterocycles. The molecule has 2 rings (SSSR count). The molecular weight excluding hydrogens is 244 g/mol. The fourth-order valence-electron chi connectivity index (χ4n) is 2.44. The van der Waals surface area contributed by atoms with E-state index in [-0.39, 0.29) is 5.69 Å². The summed E-state index contributed by atoms with van der Waals surface area (Å²) in [5.74, 6) is -0.979. The van der Waals surface area contributed by atoms with Gasteiger partial charge in [0.05, 0.1) is 11.8 Å². The third-order valence-corrected chi connectivity index (χ3v) is 3.28. The number of rotatable bonds is 5. The van der Waals surface area contributed by atoms with Crippen LogP contribution >= 0.6 is 0 Å². The molecule has 104 valence electrons. The zero-order valence-electron chi connectivity index (χ0n) is 11.2. The zero-order valence-corrected chi connectivity index (χ0v) is 11.2. The average Bonchev–Trinajstić information content (AvgIpc) is 2.40. The normalized spacial score (nSPS) is 20.4. The number of aromatic carboxylic acids is 1. The van der Waals surface area contributed by atoms with Crippen molar-refractivity contribution in [3.8, 4) is 0 Å². The van der Waals surface area contributed by atoms with Gasteiger partial charge in [0.15, 0.2) is 0 Å². The molecule has 1 unspecified atom stereocenters. The predicted molar refractivity (Wildman–Crippen MR) is 71.1 cm³/mol. The number of ether oxygens (including phenoxy) is 1. The molecule has 19 heavy (non-hydrogen) atoms. The minimum absolute atomic E-state index is 0.107. The molecule has 0 saturated carbocycles. The van der Waals surface area contributed by atoms with Crippen LogP contribution in [0.1, 0.15) is 35.9 Å². The highest BCUT2D eigenvalue weighted by Gasteiger charge is 2.20. The van der Waals surface area contributed by atoms with Crippen LogP contribution in [0.15, 0.2) is 18.2 Å². The van der Waals surface area contributed by atoms with Gasteiger partial charge in [0.25, 0.3) is 0 Å². The summed E-state index contributed by atoms with van der Waals surface area (Å²) >= 11 is 0. The second-order valence-electron chi connectivity index (χ2n) is 4.77. The number of carbonyl (C=O) groups is 1. The van der Waals surface area contributed by atoms with Crippen LogP contribution in [0, 0.1) is 0 Å². The molecule has 0 spiro atoms. The molecule has 0 aliphatic carbocycles. The smallest absolute Gasteiger partial charge is 0.354 e. The molecule has 5 heteroatoms. The molecule has 1 aromatic rings. The Hall–Kier alpha value is -1.46. The molecule has 0 amide bonds. The van der Waals surface area contributed by atoms with Crippen LogP contribution in [0.4, 0.5) is 0 Å². The maximum Gasteiger partial charge on any atom is 0.354 e. The number of carboxylic acid groups (broad SMARTS) is 1. The Labute approximate surface area is 113 Å². The second kappa shape index (κ2) is 6.63. The van der Waals surface area contributed by atoms with E-state index in [1.807, 2.05) is 13.0 Å². The summed E-state index contributed by atoms with van der Waals surface area (Å²) in [5, 5.41) is 8.93. The number of aromatic nitrogens is 1. The number of pyridine rings is 1. The Morgan fingerprint density at radius 3 is 3.16 bits per heavy atom. The lowest BCUT2D eigenvalue weighted by Gasteiger charge is -2.32. The van der Waals surface area contributed by atoms with Crippen LogP contribution in [-0.2, 0) is 11.3 Å². The Bertz CT molecular complexity index is 434. The fourth-order valence-corrected chi connectivity index (χ4v) is 2.44. The monoisotopic (exact) mass is 264 g/mol. The predicted octanol–water partition coefficient (Wildman–Crippen LogP) is 1.78. The Morgan fingerprint density at radius 2 is 2.42 bits per heavy atom. The van der Waals surface area contributed by atoms with Gasteiger partial charge in [-0.3, -0.25) is 4.90 Å². The van der Waals surface area contributed by atoms with Crippen LogP contribution in [0.25, 0.3) is 0 Å². The molecular formula is C14H20N2O3. The summed E-state index contributed by atoms with van der Waals surface area (Å²) in [4.78, 5) is 17.3. The summed E-state index contributed by atoms with van der Waals surface area (Å²) in [5.41, 5.74) is 0.910. The van der Waals surface area contributed by atoms with Crippen molar-refractivity contribution in [2.75, 3.05) is 19.7 Å². The van der Waals surface area contributed by atoms with Gasteiger partial charge in [-0.2, -0.15) is 0 Å². The number of nitrogens with zero attached hydrogens (tertiary/aromatic N) is 2. The summed E-state index contributed by atoms with van der Waals surface area (Å²) in [6, 6.07) is 5.14. The molecule has 1 aromatic heterocycles. The topological polar surface area (TPSA) is 62.7 Å². The number of carboxylic acids is 1. The van der Waals surface area contributed by atoms with E-state index >= 15 is 0 Å². The minimum Gasteiger partial charge on any atom is -0.477 e. The van der Waals surface area contributed by atoms with E-state index in [2.05, 4.69) is 9.88 Å². The first kappa shape index (κ1) is 14.0. The van der Waals surface area contributed by atoms with Crippen molar-refractivity contribution in [2.45, 2.75) is 32.4 Å². The maximum absolute atomic E-state index is 10.9. The van der Waals surface area contributed by atoms with E-state index < -0.39 is 5.97 Å². The highest BCUT2D eigenvalue weighted by molar-refractivity contribution is 5.85. The van der Waals surface area contributed by atoms with Crippen LogP contribution in [0.3, 0.4) is 0 Å². The van der Waals surface area contributed by atoms with E-state index in [0.29, 0.717) is 12.6 Å². The van der Waals surface area contributed by atoms with Crippen LogP contribution in [0.5, 0.6) is 0 Å². The van der Waals surface area contributed by atoms with Crippen molar-refractivity contribution in [3.63, 3.8) is 0 Å². The Kier molecular flexibility index (Phi) is 4.87. The number of likely N-dealkylation sites (tertiary alicyclic amines) is 1. The van der Waals surface area contributed by atoms with Crippen molar-refractivity contribution in [3.05, 3.63) is 29.6 Å². The molecule has 1 fully saturated rings. The second-order valence-corrected chi connectivity index (χ2v) is 4.77. The molecule has 1 atom stereocenters. The van der Waals surface area contributed by atoms with E-state index in [1.54, 1.807) is 6.07 Å². The SMILES string of the molecule is CCOC1CCCN(Cc2cccc(C(=O)O)n2)C1. The molecule has 0 bridgehead atoms. The fraction of sp³-hybridized carbons (Fsp3) is 0.571. The zero-order chi connectivity index (χ0) is 13.7. The highest BCUT2D eigenvalue weighted by atomic mass is 16.5. The lowest BCUT2D eigenvalue weighted by atomic mass is 10.1. The van der Waals surface area contributed by atoms with Gasteiger partial charge in [0, 0.05) is 19.7 Å². The van der Waals surface area contributed by atoms with E-state index in [1.165, 1.54) is 6.07 Å². The maximum atomic E-state index is 10.9. The molecule has 1 N–H and O–H groups in total. The summed E-state index contributed by atoms with van der Waals surface area (Å²) in [6.07, 6.45) is 2.51. The van der Waals surface area contributed by atoms with Gasteiger partial charge in [-0.1, -0.05) is 6.07 Å². The minimum atomic E-state index is -0.979. The first-order valence-corrected chi connectivity index (χ1v) is 6.72. The van der Waals surface area contributed by atoms with Crippen LogP contribution in [0.2, 0.25) is 0 Å². The lowest BCUT2D eigenvalue weighted by molar-refractivity contribution is 0.00328. The molecule has 1 aliphatic heterocycles. The first-order valence-electron chi connectivity index (χ1n) is 6.72. The number of piperidine rings is 1. The third-order valence-electron chi connectivity index (χ3n) is 3.28. The molecule has 1 saturated heterocycles. The number of hydrogen-bond acceptors (Lipinski definition) is 4. The Morgan fingerprint density at radius 1 is 1.58 bits per heavy atom. The summed E-state index contributed by atoms with van der Waals surface area (Å²) in [7, 11) is 0. The van der Waals surface area contributed by atoms with Gasteiger partial charge >= 0.3 is 5.97 Å². The van der Waals surface area contributed by atoms with Crippen molar-refractivity contribution >= 4 is 5.97 Å². The van der Waals surface area contributed by atoms with Crippen molar-refractivity contribution in [1.82, 2.24) is 9.88 Å². The molecule has 0 aromatic carbocycles. The van der Waals surface area contributed by atoms with Crippen molar-refractivity contribution in [2.24, 2.45) is 0 Å². The number of hydrogen-bond donors (Lipinski definition) is 1. The molecule has 0 radical (unpaired) electrons. The van der Waals surface area contributed by atoms with E-state index in [0.717, 1.165) is 38.2 Å². The Balaban J connectivity index is 1.96. The molecule has 5 nitrogen and oxygen atoms in total. The average molecular weight is 264 g/mol. The van der Waals surface area contributed by atoms with Crippen molar-refractivity contribution in [1.29, 1.82) is 0 Å². The van der Waals surface area contributed by atoms with Gasteiger partial charge in [-0.25, -0.2) is 9.78 Å². The molecule has 1 aliphatic rings. The van der Waals surface area contributed by atoms with E-state index in [9.17, 15) is 4.79 Å². The third kappa shape index (κ3) is 4.01. The summed E-state index contributed by atoms with van der Waals surface area (Å²) in [6.45, 7) is 5.35. The van der Waals surface area contributed by atoms with Crippen LogP contribution in [-0.4, -0.2) is 46.8 Å². The standard InChI is InChI=1S/C14H20N2O3/c1-2-19-12-6-4-8-16(10-12)9-11-5-3-7-13(15-11)14(17)18/h3,5,7,12H,2,4,6,8-10H2,1H3,(H,17,18). The first-order chi connectivity index (χ1) is 9.19. The van der Waals surface area contributed by atoms with Gasteiger partial charge in [0.2, 0.25) is 0 Å². The van der Waals surface area contributed by atoms with E-state index in [4.69, 9.17) is 9.84 Å². The lowest BCUT2D eigenvalue weighted by Crippen LogP contribution is -2.39. The van der Waals surface area contributed by atoms with Crippen molar-refractivity contribution < 1.29 is 14.6 Å². The quantitative estimate of drug-likeness (QED) is 0.878.